The minimum Gasteiger partial charge on any atom is -0.294 e. The van der Waals surface area contributed by atoms with Gasteiger partial charge < -0.3 is 0 Å². The predicted octanol–water partition coefficient (Wildman–Crippen LogP) is 2.92. The standard InChI is InChI=1S/C17H13N5O/c1-10-11-6-2-4-8-13(11)19-16(18-10)22-17-20-14-9-5-3-7-12(14)15(23)21-17/h2-9H,1H3,(H2,18,19,20,21,22,23). The van der Waals surface area contributed by atoms with Gasteiger partial charge in [0.15, 0.2) is 0 Å². The first-order valence-electron chi connectivity index (χ1n) is 7.20. The number of para-hydroxylation sites is 2. The van der Waals surface area contributed by atoms with Gasteiger partial charge in [-0.05, 0) is 25.1 Å². The van der Waals surface area contributed by atoms with E-state index in [-0.39, 0.29) is 5.56 Å². The van der Waals surface area contributed by atoms with Gasteiger partial charge in [-0.15, -0.1) is 0 Å². The average Bonchev–Trinajstić information content (AvgIpc) is 2.55. The quantitative estimate of drug-likeness (QED) is 0.595. The van der Waals surface area contributed by atoms with Gasteiger partial charge in [-0.2, -0.15) is 0 Å². The third kappa shape index (κ3) is 2.40. The van der Waals surface area contributed by atoms with E-state index in [1.165, 1.54) is 0 Å². The minimum absolute atomic E-state index is 0.199. The molecule has 0 fully saturated rings. The topological polar surface area (TPSA) is 83.6 Å². The van der Waals surface area contributed by atoms with Crippen molar-refractivity contribution in [2.75, 3.05) is 5.32 Å². The molecule has 112 valence electrons. The second kappa shape index (κ2) is 5.17. The Morgan fingerprint density at radius 3 is 2.30 bits per heavy atom. The van der Waals surface area contributed by atoms with E-state index in [2.05, 4.69) is 25.3 Å². The third-order valence-corrected chi connectivity index (χ3v) is 3.64. The number of rotatable bonds is 2. The van der Waals surface area contributed by atoms with E-state index in [1.54, 1.807) is 12.1 Å². The van der Waals surface area contributed by atoms with E-state index in [1.807, 2.05) is 43.3 Å². The van der Waals surface area contributed by atoms with Crippen molar-refractivity contribution in [1.29, 1.82) is 0 Å². The van der Waals surface area contributed by atoms with E-state index in [0.717, 1.165) is 16.6 Å². The highest BCUT2D eigenvalue weighted by atomic mass is 16.1. The summed E-state index contributed by atoms with van der Waals surface area (Å²) in [5.41, 5.74) is 2.12. The number of nitrogens with one attached hydrogen (secondary N) is 2. The summed E-state index contributed by atoms with van der Waals surface area (Å²) in [7, 11) is 0. The van der Waals surface area contributed by atoms with E-state index in [0.29, 0.717) is 22.8 Å². The molecular formula is C17H13N5O. The second-order valence-electron chi connectivity index (χ2n) is 5.21. The van der Waals surface area contributed by atoms with Crippen LogP contribution in [0.1, 0.15) is 5.69 Å². The molecule has 0 radical (unpaired) electrons. The van der Waals surface area contributed by atoms with Crippen molar-refractivity contribution in [1.82, 2.24) is 19.9 Å². The molecule has 0 bridgehead atoms. The van der Waals surface area contributed by atoms with Crippen LogP contribution in [0.3, 0.4) is 0 Å². The van der Waals surface area contributed by atoms with Crippen LogP contribution in [0, 0.1) is 6.92 Å². The molecule has 23 heavy (non-hydrogen) atoms. The van der Waals surface area contributed by atoms with Crippen LogP contribution in [-0.2, 0) is 0 Å². The monoisotopic (exact) mass is 303 g/mol. The molecule has 4 aromatic rings. The number of fused-ring (bicyclic) bond motifs is 2. The second-order valence-corrected chi connectivity index (χ2v) is 5.21. The van der Waals surface area contributed by atoms with Crippen molar-refractivity contribution in [3.63, 3.8) is 0 Å². The largest absolute Gasteiger partial charge is 0.294 e. The van der Waals surface area contributed by atoms with Gasteiger partial charge in [0.2, 0.25) is 11.9 Å². The van der Waals surface area contributed by atoms with Crippen LogP contribution in [0.15, 0.2) is 53.3 Å². The van der Waals surface area contributed by atoms with Crippen molar-refractivity contribution in [2.45, 2.75) is 6.92 Å². The van der Waals surface area contributed by atoms with Crippen molar-refractivity contribution < 1.29 is 0 Å². The lowest BCUT2D eigenvalue weighted by atomic mass is 10.2. The molecule has 0 atom stereocenters. The van der Waals surface area contributed by atoms with E-state index in [9.17, 15) is 4.79 Å². The number of aromatic nitrogens is 4. The Labute approximate surface area is 131 Å². The SMILES string of the molecule is Cc1nc(Nc2nc3ccccc3c(=O)[nH]2)nc2ccccc12. The zero-order chi connectivity index (χ0) is 15.8. The fraction of sp³-hybridized carbons (Fsp3) is 0.0588. The van der Waals surface area contributed by atoms with Crippen LogP contribution in [0.2, 0.25) is 0 Å². The number of benzene rings is 2. The number of hydrogen-bond acceptors (Lipinski definition) is 5. The maximum absolute atomic E-state index is 12.1. The number of H-pyrrole nitrogens is 1. The molecular weight excluding hydrogens is 290 g/mol. The third-order valence-electron chi connectivity index (χ3n) is 3.64. The van der Waals surface area contributed by atoms with E-state index >= 15 is 0 Å². The summed E-state index contributed by atoms with van der Waals surface area (Å²) in [6.07, 6.45) is 0. The smallest absolute Gasteiger partial charge is 0.260 e. The number of aryl methyl sites for hydroxylation is 1. The summed E-state index contributed by atoms with van der Waals surface area (Å²) < 4.78 is 0. The van der Waals surface area contributed by atoms with Crippen LogP contribution >= 0.6 is 0 Å². The molecule has 2 aromatic carbocycles. The van der Waals surface area contributed by atoms with Gasteiger partial charge in [0.05, 0.1) is 22.1 Å². The Morgan fingerprint density at radius 1 is 0.870 bits per heavy atom. The van der Waals surface area contributed by atoms with Gasteiger partial charge in [0, 0.05) is 5.39 Å². The fourth-order valence-electron chi connectivity index (χ4n) is 2.54. The Balaban J connectivity index is 1.80. The summed E-state index contributed by atoms with van der Waals surface area (Å²) in [5.74, 6) is 0.725. The molecule has 2 N–H and O–H groups in total. The lowest BCUT2D eigenvalue weighted by Crippen LogP contribution is -2.12. The summed E-state index contributed by atoms with van der Waals surface area (Å²) in [6.45, 7) is 1.92. The van der Waals surface area contributed by atoms with Gasteiger partial charge in [-0.3, -0.25) is 15.1 Å². The van der Waals surface area contributed by atoms with Crippen LogP contribution in [0.4, 0.5) is 11.9 Å². The molecule has 2 aromatic heterocycles. The zero-order valence-corrected chi connectivity index (χ0v) is 12.4. The first-order valence-corrected chi connectivity index (χ1v) is 7.20. The van der Waals surface area contributed by atoms with E-state index < -0.39 is 0 Å². The molecule has 0 aliphatic rings. The number of anilines is 2. The maximum Gasteiger partial charge on any atom is 0.260 e. The van der Waals surface area contributed by atoms with Gasteiger partial charge in [0.1, 0.15) is 0 Å². The molecule has 0 aliphatic heterocycles. The Bertz CT molecular complexity index is 1090. The molecule has 0 amide bonds. The maximum atomic E-state index is 12.1. The van der Waals surface area contributed by atoms with Crippen LogP contribution in [0.5, 0.6) is 0 Å². The van der Waals surface area contributed by atoms with Gasteiger partial charge in [0.25, 0.3) is 5.56 Å². The summed E-state index contributed by atoms with van der Waals surface area (Å²) in [5, 5.41) is 4.53. The zero-order valence-electron chi connectivity index (χ0n) is 12.4. The van der Waals surface area contributed by atoms with Crippen LogP contribution < -0.4 is 10.9 Å². The van der Waals surface area contributed by atoms with Crippen LogP contribution in [0.25, 0.3) is 21.8 Å². The molecule has 0 saturated carbocycles. The first kappa shape index (κ1) is 13.4. The molecule has 6 nitrogen and oxygen atoms in total. The summed E-state index contributed by atoms with van der Waals surface area (Å²) >= 11 is 0. The molecule has 0 saturated heterocycles. The van der Waals surface area contributed by atoms with Crippen molar-refractivity contribution in [2.24, 2.45) is 0 Å². The molecule has 0 spiro atoms. The number of nitrogens with zero attached hydrogens (tertiary/aromatic N) is 3. The molecule has 0 aliphatic carbocycles. The lowest BCUT2D eigenvalue weighted by molar-refractivity contribution is 1.10. The molecule has 6 heteroatoms. The van der Waals surface area contributed by atoms with Gasteiger partial charge >= 0.3 is 0 Å². The Morgan fingerprint density at radius 2 is 1.52 bits per heavy atom. The van der Waals surface area contributed by atoms with E-state index in [4.69, 9.17) is 0 Å². The van der Waals surface area contributed by atoms with Crippen molar-refractivity contribution in [3.8, 4) is 0 Å². The highest BCUT2D eigenvalue weighted by molar-refractivity contribution is 5.82. The first-order chi connectivity index (χ1) is 11.2. The van der Waals surface area contributed by atoms with Crippen molar-refractivity contribution in [3.05, 3.63) is 64.6 Å². The van der Waals surface area contributed by atoms with Crippen LogP contribution in [-0.4, -0.2) is 19.9 Å². The highest BCUT2D eigenvalue weighted by Gasteiger charge is 2.07. The Kier molecular flexibility index (Phi) is 3.01. The molecule has 2 heterocycles. The normalized spacial score (nSPS) is 11.0. The number of hydrogen-bond donors (Lipinski definition) is 2. The summed E-state index contributed by atoms with van der Waals surface area (Å²) in [6, 6.07) is 15.0. The molecule has 4 rings (SSSR count). The fourth-order valence-corrected chi connectivity index (χ4v) is 2.54. The average molecular weight is 303 g/mol. The van der Waals surface area contributed by atoms with Gasteiger partial charge in [-0.1, -0.05) is 30.3 Å². The molecule has 0 unspecified atom stereocenters. The van der Waals surface area contributed by atoms with Gasteiger partial charge in [-0.25, -0.2) is 15.0 Å². The predicted molar refractivity (Wildman–Crippen MR) is 89.9 cm³/mol. The lowest BCUT2D eigenvalue weighted by Gasteiger charge is -2.07. The summed E-state index contributed by atoms with van der Waals surface area (Å²) in [4.78, 5) is 28.1. The number of aromatic amines is 1. The Hall–Kier alpha value is -3.28. The highest BCUT2D eigenvalue weighted by Crippen LogP contribution is 2.18. The van der Waals surface area contributed by atoms with Crippen molar-refractivity contribution >= 4 is 33.7 Å². The minimum atomic E-state index is -0.199.